The van der Waals surface area contributed by atoms with Crippen LogP contribution in [0.4, 0.5) is 5.69 Å². The second kappa shape index (κ2) is 9.65. The Morgan fingerprint density at radius 3 is 2.25 bits per heavy atom. The summed E-state index contributed by atoms with van der Waals surface area (Å²) in [5.41, 5.74) is 3.27. The summed E-state index contributed by atoms with van der Waals surface area (Å²) in [5.74, 6) is -0.344. The molecule has 1 aromatic heterocycles. The maximum Gasteiger partial charge on any atom is 0.271 e. The first-order chi connectivity index (χ1) is 15.4. The maximum atomic E-state index is 13.9. The molecular weight excluding hydrogens is 418 g/mol. The lowest BCUT2D eigenvalue weighted by Gasteiger charge is -2.32. The number of anilines is 1. The maximum absolute atomic E-state index is 13.9. The number of carbonyl (C=O) groups excluding carboxylic acids is 2. The van der Waals surface area contributed by atoms with Gasteiger partial charge in [-0.05, 0) is 51.3 Å². The lowest BCUT2D eigenvalue weighted by Crippen LogP contribution is -2.46. The van der Waals surface area contributed by atoms with Crippen molar-refractivity contribution in [3.05, 3.63) is 81.3 Å². The van der Waals surface area contributed by atoms with E-state index < -0.39 is 6.04 Å². The molecule has 3 aromatic rings. The third-order valence-corrected chi connectivity index (χ3v) is 7.01. The van der Waals surface area contributed by atoms with Crippen molar-refractivity contribution in [2.45, 2.75) is 58.5 Å². The first-order valence-corrected chi connectivity index (χ1v) is 12.0. The number of aromatic nitrogens is 1. The summed E-state index contributed by atoms with van der Waals surface area (Å²) in [7, 11) is 0. The highest BCUT2D eigenvalue weighted by molar-refractivity contribution is 7.13. The van der Waals surface area contributed by atoms with Crippen LogP contribution in [0.3, 0.4) is 0 Å². The van der Waals surface area contributed by atoms with Gasteiger partial charge in [-0.25, -0.2) is 4.98 Å². The minimum Gasteiger partial charge on any atom is -0.351 e. The second-order valence-electron chi connectivity index (χ2n) is 8.46. The molecule has 166 valence electrons. The molecule has 1 heterocycles. The first-order valence-electron chi connectivity index (χ1n) is 11.1. The molecule has 5 nitrogen and oxygen atoms in total. The Morgan fingerprint density at radius 1 is 1.00 bits per heavy atom. The van der Waals surface area contributed by atoms with Crippen LogP contribution in [0.2, 0.25) is 0 Å². The van der Waals surface area contributed by atoms with Crippen molar-refractivity contribution in [1.82, 2.24) is 10.3 Å². The van der Waals surface area contributed by atoms with Crippen molar-refractivity contribution in [3.63, 3.8) is 0 Å². The second-order valence-corrected chi connectivity index (χ2v) is 9.66. The monoisotopic (exact) mass is 447 g/mol. The number of rotatable bonds is 6. The number of hydrogen-bond acceptors (Lipinski definition) is 4. The van der Waals surface area contributed by atoms with Crippen molar-refractivity contribution in [2.75, 3.05) is 4.90 Å². The predicted molar refractivity (Wildman–Crippen MR) is 129 cm³/mol. The Hall–Kier alpha value is -2.99. The molecule has 1 atom stereocenters. The van der Waals surface area contributed by atoms with Crippen molar-refractivity contribution in [1.29, 1.82) is 0 Å². The summed E-state index contributed by atoms with van der Waals surface area (Å²) in [6, 6.07) is 16.7. The molecule has 0 radical (unpaired) electrons. The van der Waals surface area contributed by atoms with Gasteiger partial charge >= 0.3 is 0 Å². The van der Waals surface area contributed by atoms with E-state index in [1.165, 1.54) is 11.3 Å². The van der Waals surface area contributed by atoms with Crippen molar-refractivity contribution >= 4 is 28.8 Å². The molecule has 32 heavy (non-hydrogen) atoms. The van der Waals surface area contributed by atoms with Gasteiger partial charge in [-0.3, -0.25) is 14.5 Å². The number of hydrogen-bond donors (Lipinski definition) is 1. The van der Waals surface area contributed by atoms with Crippen LogP contribution in [0, 0.1) is 20.8 Å². The average molecular weight is 448 g/mol. The Morgan fingerprint density at radius 2 is 1.66 bits per heavy atom. The molecular formula is C26H29N3O2S. The van der Waals surface area contributed by atoms with Gasteiger partial charge in [-0.2, -0.15) is 0 Å². The fourth-order valence-electron chi connectivity index (χ4n) is 4.33. The number of carbonyl (C=O) groups is 2. The standard InChI is InChI=1S/C26H29N3O2S/c1-17-13-15-22(16-14-17)29(26(31)24-18(2)27-19(3)32-24)23(20-9-5-4-6-10-20)25(30)28-21-11-7-8-12-21/h4-6,9-10,13-16,21,23H,7-8,11-12H2,1-3H3,(H,28,30)/t23-/m0/s1. The zero-order valence-corrected chi connectivity index (χ0v) is 19.6. The minimum atomic E-state index is -0.770. The Kier molecular flexibility index (Phi) is 6.70. The molecule has 2 aromatic carbocycles. The summed E-state index contributed by atoms with van der Waals surface area (Å²) >= 11 is 1.37. The third-order valence-electron chi connectivity index (χ3n) is 5.95. The van der Waals surface area contributed by atoms with E-state index in [1.807, 2.05) is 75.4 Å². The van der Waals surface area contributed by atoms with E-state index in [1.54, 1.807) is 4.90 Å². The normalized spacial score (nSPS) is 14.8. The number of nitrogens with zero attached hydrogens (tertiary/aromatic N) is 2. The van der Waals surface area contributed by atoms with E-state index in [-0.39, 0.29) is 17.9 Å². The number of aryl methyl sites for hydroxylation is 3. The van der Waals surface area contributed by atoms with Gasteiger partial charge in [0.15, 0.2) is 0 Å². The van der Waals surface area contributed by atoms with Crippen LogP contribution < -0.4 is 10.2 Å². The first kappa shape index (κ1) is 22.2. The molecule has 0 unspecified atom stereocenters. The highest BCUT2D eigenvalue weighted by Crippen LogP contribution is 2.32. The molecule has 0 saturated heterocycles. The number of nitrogens with one attached hydrogen (secondary N) is 1. The Balaban J connectivity index is 1.81. The topological polar surface area (TPSA) is 62.3 Å². The van der Waals surface area contributed by atoms with Gasteiger partial charge in [0.05, 0.1) is 10.7 Å². The summed E-state index contributed by atoms with van der Waals surface area (Å²) in [6.07, 6.45) is 4.22. The molecule has 1 aliphatic rings. The van der Waals surface area contributed by atoms with Crippen molar-refractivity contribution in [2.24, 2.45) is 0 Å². The molecule has 0 spiro atoms. The predicted octanol–water partition coefficient (Wildman–Crippen LogP) is 5.52. The molecule has 1 saturated carbocycles. The van der Waals surface area contributed by atoms with Crippen LogP contribution in [0.1, 0.15) is 63.2 Å². The molecule has 0 bridgehead atoms. The van der Waals surface area contributed by atoms with E-state index >= 15 is 0 Å². The van der Waals surface area contributed by atoms with Gasteiger partial charge in [0.25, 0.3) is 5.91 Å². The molecule has 1 aliphatic carbocycles. The van der Waals surface area contributed by atoms with Crippen LogP contribution >= 0.6 is 11.3 Å². The Labute approximate surface area is 193 Å². The van der Waals surface area contributed by atoms with Gasteiger partial charge in [0.1, 0.15) is 10.9 Å². The van der Waals surface area contributed by atoms with Gasteiger partial charge < -0.3 is 5.32 Å². The van der Waals surface area contributed by atoms with Gasteiger partial charge in [0.2, 0.25) is 5.91 Å². The van der Waals surface area contributed by atoms with Crippen LogP contribution in [0.5, 0.6) is 0 Å². The van der Waals surface area contributed by atoms with Gasteiger partial charge in [-0.1, -0.05) is 60.9 Å². The smallest absolute Gasteiger partial charge is 0.271 e. The quantitative estimate of drug-likeness (QED) is 0.542. The van der Waals surface area contributed by atoms with E-state index in [9.17, 15) is 9.59 Å². The molecule has 4 rings (SSSR count). The third kappa shape index (κ3) is 4.75. The van der Waals surface area contributed by atoms with Crippen LogP contribution in [0.25, 0.3) is 0 Å². The van der Waals surface area contributed by atoms with E-state index in [0.29, 0.717) is 16.3 Å². The summed E-state index contributed by atoms with van der Waals surface area (Å²) < 4.78 is 0. The lowest BCUT2D eigenvalue weighted by molar-refractivity contribution is -0.123. The molecule has 0 aliphatic heterocycles. The average Bonchev–Trinajstić information content (AvgIpc) is 3.41. The molecule has 1 N–H and O–H groups in total. The zero-order chi connectivity index (χ0) is 22.7. The Bertz CT molecular complexity index is 1090. The molecule has 1 fully saturated rings. The van der Waals surface area contributed by atoms with Crippen LogP contribution in [-0.4, -0.2) is 22.8 Å². The summed E-state index contributed by atoms with van der Waals surface area (Å²) in [6.45, 7) is 5.75. The van der Waals surface area contributed by atoms with Crippen molar-refractivity contribution < 1.29 is 9.59 Å². The highest BCUT2D eigenvalue weighted by atomic mass is 32.1. The van der Waals surface area contributed by atoms with Crippen LogP contribution in [-0.2, 0) is 4.79 Å². The fraction of sp³-hybridized carbons (Fsp3) is 0.346. The summed E-state index contributed by atoms with van der Waals surface area (Å²) in [5, 5.41) is 4.05. The number of thiazole rings is 1. The van der Waals surface area contributed by atoms with Crippen molar-refractivity contribution in [3.8, 4) is 0 Å². The number of benzene rings is 2. The largest absolute Gasteiger partial charge is 0.351 e. The summed E-state index contributed by atoms with van der Waals surface area (Å²) in [4.78, 5) is 34.3. The van der Waals surface area contributed by atoms with Gasteiger partial charge in [-0.15, -0.1) is 11.3 Å². The fourth-order valence-corrected chi connectivity index (χ4v) is 5.19. The highest BCUT2D eigenvalue weighted by Gasteiger charge is 2.36. The van der Waals surface area contributed by atoms with E-state index in [2.05, 4.69) is 10.3 Å². The van der Waals surface area contributed by atoms with E-state index in [0.717, 1.165) is 41.8 Å². The SMILES string of the molecule is Cc1ccc(N(C(=O)c2sc(C)nc2C)[C@H](C(=O)NC2CCCC2)c2ccccc2)cc1. The number of amides is 2. The van der Waals surface area contributed by atoms with E-state index in [4.69, 9.17) is 0 Å². The van der Waals surface area contributed by atoms with Crippen LogP contribution in [0.15, 0.2) is 54.6 Å². The zero-order valence-electron chi connectivity index (χ0n) is 18.8. The van der Waals surface area contributed by atoms with Gasteiger partial charge in [0, 0.05) is 11.7 Å². The lowest BCUT2D eigenvalue weighted by atomic mass is 10.0. The minimum absolute atomic E-state index is 0.143. The molecule has 2 amide bonds. The molecule has 6 heteroatoms.